The minimum atomic E-state index is -0.146. The van der Waals surface area contributed by atoms with Crippen molar-refractivity contribution in [2.45, 2.75) is 19.4 Å². The second-order valence-corrected chi connectivity index (χ2v) is 4.51. The number of nitrogens with one attached hydrogen (secondary N) is 1. The maximum Gasteiger partial charge on any atom is 0.272 e. The summed E-state index contributed by atoms with van der Waals surface area (Å²) in [5.41, 5.74) is 7.06. The normalized spacial score (nSPS) is 12.6. The van der Waals surface area contributed by atoms with Crippen molar-refractivity contribution in [2.24, 2.45) is 12.8 Å². The molecule has 1 amide bonds. The molecule has 0 aliphatic carbocycles. The van der Waals surface area contributed by atoms with Crippen molar-refractivity contribution in [3.05, 3.63) is 30.0 Å². The highest BCUT2D eigenvalue weighted by Gasteiger charge is 2.14. The van der Waals surface area contributed by atoms with E-state index in [2.05, 4.69) is 10.4 Å². The molecule has 0 aliphatic rings. The van der Waals surface area contributed by atoms with Gasteiger partial charge in [0.15, 0.2) is 5.69 Å². The van der Waals surface area contributed by atoms with Crippen molar-refractivity contribution >= 4 is 16.8 Å². The van der Waals surface area contributed by atoms with E-state index in [1.807, 2.05) is 38.2 Å². The molecule has 1 atom stereocenters. The third-order valence-electron chi connectivity index (χ3n) is 2.86. The minimum Gasteiger partial charge on any atom is -0.351 e. The summed E-state index contributed by atoms with van der Waals surface area (Å²) in [7, 11) is 1.83. The number of aryl methyl sites for hydroxylation is 1. The van der Waals surface area contributed by atoms with Crippen LogP contribution >= 0.6 is 0 Å². The molecule has 2 rings (SSSR count). The molecule has 0 aliphatic heterocycles. The number of hydrogen-bond acceptors (Lipinski definition) is 3. The monoisotopic (exact) mass is 246 g/mol. The average molecular weight is 246 g/mol. The first-order valence-electron chi connectivity index (χ1n) is 6.05. The number of fused-ring (bicyclic) bond motifs is 1. The third-order valence-corrected chi connectivity index (χ3v) is 2.86. The number of rotatable bonds is 4. The summed E-state index contributed by atoms with van der Waals surface area (Å²) in [5, 5.41) is 7.98. The lowest BCUT2D eigenvalue weighted by Gasteiger charge is -2.05. The summed E-state index contributed by atoms with van der Waals surface area (Å²) in [6.45, 7) is 2.49. The molecule has 18 heavy (non-hydrogen) atoms. The van der Waals surface area contributed by atoms with Crippen LogP contribution < -0.4 is 11.1 Å². The third kappa shape index (κ3) is 2.51. The summed E-state index contributed by atoms with van der Waals surface area (Å²) in [6.07, 6.45) is 0.760. The highest BCUT2D eigenvalue weighted by Crippen LogP contribution is 2.17. The van der Waals surface area contributed by atoms with Crippen LogP contribution in [0.4, 0.5) is 0 Å². The number of carbonyl (C=O) groups excluding carboxylic acids is 1. The van der Waals surface area contributed by atoms with Crippen molar-refractivity contribution < 1.29 is 4.79 Å². The lowest BCUT2D eigenvalue weighted by atomic mass is 10.2. The molecular weight excluding hydrogens is 228 g/mol. The van der Waals surface area contributed by atoms with Crippen molar-refractivity contribution in [1.82, 2.24) is 15.1 Å². The maximum absolute atomic E-state index is 12.0. The highest BCUT2D eigenvalue weighted by atomic mass is 16.1. The molecular formula is C13H18N4O. The molecule has 5 heteroatoms. The first kappa shape index (κ1) is 12.6. The van der Waals surface area contributed by atoms with Crippen molar-refractivity contribution in [3.8, 4) is 0 Å². The van der Waals surface area contributed by atoms with Gasteiger partial charge in [0.05, 0.1) is 5.52 Å². The van der Waals surface area contributed by atoms with Crippen molar-refractivity contribution in [3.63, 3.8) is 0 Å². The van der Waals surface area contributed by atoms with E-state index in [0.717, 1.165) is 17.3 Å². The van der Waals surface area contributed by atoms with Gasteiger partial charge in [-0.05, 0) is 19.4 Å². The van der Waals surface area contributed by atoms with Gasteiger partial charge >= 0.3 is 0 Å². The molecule has 3 N–H and O–H groups in total. The molecule has 96 valence electrons. The highest BCUT2D eigenvalue weighted by molar-refractivity contribution is 6.04. The second kappa shape index (κ2) is 5.18. The first-order chi connectivity index (χ1) is 8.59. The molecule has 0 saturated heterocycles. The Bertz CT molecular complexity index is 559. The molecule has 2 aromatic rings. The van der Waals surface area contributed by atoms with E-state index in [4.69, 9.17) is 5.73 Å². The zero-order valence-electron chi connectivity index (χ0n) is 10.7. The Morgan fingerprint density at radius 2 is 2.22 bits per heavy atom. The van der Waals surface area contributed by atoms with Gasteiger partial charge in [-0.15, -0.1) is 0 Å². The Kier molecular flexibility index (Phi) is 3.62. The summed E-state index contributed by atoms with van der Waals surface area (Å²) in [4.78, 5) is 12.0. The summed E-state index contributed by atoms with van der Waals surface area (Å²) in [6, 6.07) is 7.78. The van der Waals surface area contributed by atoms with Crippen LogP contribution in [0.2, 0.25) is 0 Å². The molecule has 1 unspecified atom stereocenters. The van der Waals surface area contributed by atoms with Crippen LogP contribution in [0.15, 0.2) is 24.3 Å². The van der Waals surface area contributed by atoms with Crippen molar-refractivity contribution in [2.75, 3.05) is 6.54 Å². The predicted molar refractivity (Wildman–Crippen MR) is 71.3 cm³/mol. The van der Waals surface area contributed by atoms with E-state index in [-0.39, 0.29) is 11.9 Å². The topological polar surface area (TPSA) is 72.9 Å². The lowest BCUT2D eigenvalue weighted by molar-refractivity contribution is 0.0948. The zero-order valence-corrected chi connectivity index (χ0v) is 10.7. The van der Waals surface area contributed by atoms with Gasteiger partial charge in [-0.25, -0.2) is 0 Å². The van der Waals surface area contributed by atoms with Gasteiger partial charge in [-0.2, -0.15) is 5.10 Å². The Balaban J connectivity index is 2.18. The molecule has 0 fully saturated rings. The van der Waals surface area contributed by atoms with Crippen LogP contribution in [0.25, 0.3) is 10.9 Å². The van der Waals surface area contributed by atoms with Gasteiger partial charge in [0.25, 0.3) is 5.91 Å². The number of aromatic nitrogens is 2. The summed E-state index contributed by atoms with van der Waals surface area (Å²) in [5.74, 6) is -0.146. The number of hydrogen-bond donors (Lipinski definition) is 2. The molecule has 0 bridgehead atoms. The minimum absolute atomic E-state index is 0.0887. The second-order valence-electron chi connectivity index (χ2n) is 4.51. The molecule has 0 spiro atoms. The number of benzene rings is 1. The van der Waals surface area contributed by atoms with E-state index in [0.29, 0.717) is 12.2 Å². The van der Waals surface area contributed by atoms with Gasteiger partial charge in [-0.3, -0.25) is 9.48 Å². The van der Waals surface area contributed by atoms with Crippen molar-refractivity contribution in [1.29, 1.82) is 0 Å². The van der Waals surface area contributed by atoms with E-state index < -0.39 is 0 Å². The molecule has 1 aromatic heterocycles. The number of nitrogens with zero attached hydrogens (tertiary/aromatic N) is 2. The van der Waals surface area contributed by atoms with Crippen LogP contribution in [0.3, 0.4) is 0 Å². The van der Waals surface area contributed by atoms with Gasteiger partial charge < -0.3 is 11.1 Å². The summed E-state index contributed by atoms with van der Waals surface area (Å²) >= 11 is 0. The fraction of sp³-hybridized carbons (Fsp3) is 0.385. The van der Waals surface area contributed by atoms with E-state index in [1.54, 1.807) is 4.68 Å². The number of nitrogens with two attached hydrogens (primary N) is 1. The van der Waals surface area contributed by atoms with Gasteiger partial charge in [0, 0.05) is 25.0 Å². The maximum atomic E-state index is 12.0. The zero-order chi connectivity index (χ0) is 13.1. The number of amides is 1. The molecule has 1 aromatic carbocycles. The van der Waals surface area contributed by atoms with Crippen LogP contribution in [0, 0.1) is 0 Å². The standard InChI is InChI=1S/C13H18N4O/c1-9(14)7-8-15-13(18)12-10-5-3-4-6-11(10)17(2)16-12/h3-6,9H,7-8,14H2,1-2H3,(H,15,18). The molecule has 5 nitrogen and oxygen atoms in total. The fourth-order valence-electron chi connectivity index (χ4n) is 1.88. The van der Waals surface area contributed by atoms with Gasteiger partial charge in [-0.1, -0.05) is 18.2 Å². The summed E-state index contributed by atoms with van der Waals surface area (Å²) < 4.78 is 1.72. The SMILES string of the molecule is CC(N)CCNC(=O)c1nn(C)c2ccccc12. The Hall–Kier alpha value is -1.88. The predicted octanol–water partition coefficient (Wildman–Crippen LogP) is 1.04. The van der Waals surface area contributed by atoms with Gasteiger partial charge in [0.2, 0.25) is 0 Å². The van der Waals surface area contributed by atoms with Crippen LogP contribution in [-0.2, 0) is 7.05 Å². The van der Waals surface area contributed by atoms with Crippen LogP contribution in [-0.4, -0.2) is 28.3 Å². The quantitative estimate of drug-likeness (QED) is 0.846. The van der Waals surface area contributed by atoms with Gasteiger partial charge in [0.1, 0.15) is 0 Å². The van der Waals surface area contributed by atoms with E-state index in [1.165, 1.54) is 0 Å². The average Bonchev–Trinajstić information content (AvgIpc) is 2.67. The van der Waals surface area contributed by atoms with Crippen LogP contribution in [0.5, 0.6) is 0 Å². The van der Waals surface area contributed by atoms with E-state index in [9.17, 15) is 4.79 Å². The van der Waals surface area contributed by atoms with Crippen LogP contribution in [0.1, 0.15) is 23.8 Å². The lowest BCUT2D eigenvalue weighted by Crippen LogP contribution is -2.29. The number of para-hydroxylation sites is 1. The number of carbonyl (C=O) groups is 1. The molecule has 1 heterocycles. The fourth-order valence-corrected chi connectivity index (χ4v) is 1.88. The Morgan fingerprint density at radius 3 is 2.94 bits per heavy atom. The first-order valence-corrected chi connectivity index (χ1v) is 6.05. The molecule has 0 saturated carbocycles. The van der Waals surface area contributed by atoms with E-state index >= 15 is 0 Å². The Labute approximate surface area is 106 Å². The largest absolute Gasteiger partial charge is 0.351 e. The Morgan fingerprint density at radius 1 is 1.50 bits per heavy atom. The molecule has 0 radical (unpaired) electrons. The smallest absolute Gasteiger partial charge is 0.272 e.